The average molecular weight is 1470 g/mol. The second-order valence-electron chi connectivity index (χ2n) is 30.8. The molecule has 1 unspecified atom stereocenters. The number of rotatable bonds is 15. The largest absolute Gasteiger partial charge is 0.309 e. The zero-order chi connectivity index (χ0) is 76.7. The Morgan fingerprint density at radius 1 is 0.147 bits per heavy atom. The SMILES string of the molecule is c1ccc(-c2ccc3cc(-c4ccccc4N(c4cccc5c4-c4ccccc4C5(c4ccccc4)c4cccc(-c5ccc(-c6ccc(-c7ccccc7)c7ccccc67)c(N(c6cccc7c6-c6ccccc6C7(c6ccccc6)c6ccccc6)c6cccc7ccccc67)c5)c4)c4cccc5ccccc45)ccc3c2)cc1. The van der Waals surface area contributed by atoms with Crippen LogP contribution in [0.3, 0.4) is 0 Å². The lowest BCUT2D eigenvalue weighted by molar-refractivity contribution is 0.768. The van der Waals surface area contributed by atoms with Crippen molar-refractivity contribution in [2.45, 2.75) is 10.8 Å². The Morgan fingerprint density at radius 2 is 0.491 bits per heavy atom. The number of para-hydroxylation sites is 1. The minimum absolute atomic E-state index is 0.651. The molecule has 2 nitrogen and oxygen atoms in total. The Bertz CT molecular complexity index is 7160. The maximum Gasteiger partial charge on any atom is 0.0714 e. The highest BCUT2D eigenvalue weighted by atomic mass is 15.2. The van der Waals surface area contributed by atoms with Crippen molar-refractivity contribution in [2.75, 3.05) is 9.80 Å². The summed E-state index contributed by atoms with van der Waals surface area (Å²) in [6.07, 6.45) is 0. The van der Waals surface area contributed by atoms with E-state index in [2.05, 4.69) is 471 Å². The van der Waals surface area contributed by atoms with E-state index >= 15 is 0 Å². The highest BCUT2D eigenvalue weighted by Crippen LogP contribution is 2.63. The van der Waals surface area contributed by atoms with Gasteiger partial charge in [-0.15, -0.1) is 0 Å². The lowest BCUT2D eigenvalue weighted by Crippen LogP contribution is -2.28. The highest BCUT2D eigenvalue weighted by molar-refractivity contribution is 6.12. The van der Waals surface area contributed by atoms with Gasteiger partial charge >= 0.3 is 0 Å². The van der Waals surface area contributed by atoms with Crippen LogP contribution in [0.5, 0.6) is 0 Å². The van der Waals surface area contributed by atoms with Crippen molar-refractivity contribution >= 4 is 77.2 Å². The standard InChI is InChI=1S/C114H76N2/c1-6-33-77(34-7-1)82-65-66-84-74-86(68-67-83(84)73-82)94-51-24-27-60-105(94)115(106-61-29-39-79-37-16-18-49-92(79)106)108-63-32-59-104-112(108)100-55-23-26-57-102(100)114(104,89-46-14-5-15-47-89)90-48-28-41-81(75-90)85-69-70-98(97-72-71-91(78-35-8-2-9-36-78)95-52-20-21-53-96(95)97)110(76-85)116(107-62-30-40-80-38-17-19-50-93(80)107)109-64-31-58-103-111(109)99-54-22-25-56-101(99)113(103,87-42-10-3-11-43-87)88-44-12-4-13-45-88/h1-76H. The summed E-state index contributed by atoms with van der Waals surface area (Å²) in [5, 5.41) is 9.41. The normalized spacial score (nSPS) is 13.6. The summed E-state index contributed by atoms with van der Waals surface area (Å²) in [7, 11) is 0. The van der Waals surface area contributed by atoms with Crippen LogP contribution < -0.4 is 9.80 Å². The summed E-state index contributed by atoms with van der Waals surface area (Å²) in [6.45, 7) is 0. The first-order valence-electron chi connectivity index (χ1n) is 40.3. The van der Waals surface area contributed by atoms with Gasteiger partial charge in [-0.1, -0.05) is 406 Å². The molecule has 0 radical (unpaired) electrons. The van der Waals surface area contributed by atoms with E-state index in [0.717, 1.165) is 78.3 Å². The van der Waals surface area contributed by atoms with Crippen molar-refractivity contribution in [3.05, 3.63) is 506 Å². The van der Waals surface area contributed by atoms with Gasteiger partial charge in [0.05, 0.1) is 45.0 Å². The number of fused-ring (bicyclic) bond motifs is 10. The molecule has 22 rings (SSSR count). The van der Waals surface area contributed by atoms with Gasteiger partial charge in [0.25, 0.3) is 0 Å². The molecule has 542 valence electrons. The van der Waals surface area contributed by atoms with Crippen LogP contribution in [0.4, 0.5) is 34.1 Å². The van der Waals surface area contributed by atoms with E-state index in [0.29, 0.717) is 0 Å². The van der Waals surface area contributed by atoms with Crippen molar-refractivity contribution < 1.29 is 0 Å². The second-order valence-corrected chi connectivity index (χ2v) is 30.8. The third kappa shape index (κ3) is 10.8. The fourth-order valence-electron chi connectivity index (χ4n) is 19.8. The Labute approximate surface area is 676 Å². The van der Waals surface area contributed by atoms with Gasteiger partial charge < -0.3 is 9.80 Å². The fraction of sp³-hybridized carbons (Fsp3) is 0.0175. The van der Waals surface area contributed by atoms with E-state index in [1.165, 1.54) is 121 Å². The first kappa shape index (κ1) is 67.9. The number of anilines is 6. The highest BCUT2D eigenvalue weighted by Gasteiger charge is 2.50. The maximum atomic E-state index is 2.63. The van der Waals surface area contributed by atoms with Crippen LogP contribution in [-0.4, -0.2) is 0 Å². The monoisotopic (exact) mass is 1470 g/mol. The molecule has 0 heterocycles. The van der Waals surface area contributed by atoms with Crippen LogP contribution in [0.15, 0.2) is 461 Å². The Morgan fingerprint density at radius 3 is 1.07 bits per heavy atom. The second kappa shape index (κ2) is 28.0. The van der Waals surface area contributed by atoms with Crippen molar-refractivity contribution in [3.63, 3.8) is 0 Å². The van der Waals surface area contributed by atoms with E-state index in [1.54, 1.807) is 0 Å². The molecule has 2 aliphatic carbocycles. The third-order valence-corrected chi connectivity index (χ3v) is 24.8. The van der Waals surface area contributed by atoms with E-state index < -0.39 is 10.8 Å². The molecule has 0 spiro atoms. The number of nitrogens with zero attached hydrogens (tertiary/aromatic N) is 2. The first-order chi connectivity index (χ1) is 57.6. The van der Waals surface area contributed by atoms with Crippen molar-refractivity contribution in [2.24, 2.45) is 0 Å². The van der Waals surface area contributed by atoms with Crippen molar-refractivity contribution in [1.82, 2.24) is 0 Å². The smallest absolute Gasteiger partial charge is 0.0714 e. The molecule has 0 aromatic heterocycles. The summed E-state index contributed by atoms with van der Waals surface area (Å²) in [6, 6.07) is 173. The topological polar surface area (TPSA) is 6.48 Å². The van der Waals surface area contributed by atoms with Crippen LogP contribution >= 0.6 is 0 Å². The van der Waals surface area contributed by atoms with Gasteiger partial charge in [0.1, 0.15) is 0 Å². The molecular formula is C114H76N2. The predicted octanol–water partition coefficient (Wildman–Crippen LogP) is 30.3. The number of benzene rings is 20. The minimum Gasteiger partial charge on any atom is -0.309 e. The summed E-state index contributed by atoms with van der Waals surface area (Å²) in [4.78, 5) is 5.20. The zero-order valence-corrected chi connectivity index (χ0v) is 63.8. The molecule has 0 bridgehead atoms. The van der Waals surface area contributed by atoms with E-state index in [1.807, 2.05) is 0 Å². The van der Waals surface area contributed by atoms with Gasteiger partial charge in [-0.2, -0.15) is 0 Å². The van der Waals surface area contributed by atoms with Crippen molar-refractivity contribution in [3.8, 4) is 77.9 Å². The summed E-state index contributed by atoms with van der Waals surface area (Å²) in [5.41, 5.74) is 31.1. The van der Waals surface area contributed by atoms with E-state index in [-0.39, 0.29) is 0 Å². The van der Waals surface area contributed by atoms with Crippen LogP contribution in [-0.2, 0) is 10.8 Å². The van der Waals surface area contributed by atoms with Crippen LogP contribution in [0.25, 0.3) is 121 Å². The van der Waals surface area contributed by atoms with Gasteiger partial charge in [-0.25, -0.2) is 0 Å². The molecule has 20 aromatic carbocycles. The van der Waals surface area contributed by atoms with Crippen LogP contribution in [0.2, 0.25) is 0 Å². The summed E-state index contributed by atoms with van der Waals surface area (Å²) >= 11 is 0. The lowest BCUT2D eigenvalue weighted by Gasteiger charge is -2.35. The van der Waals surface area contributed by atoms with Gasteiger partial charge in [0, 0.05) is 33.0 Å². The predicted molar refractivity (Wildman–Crippen MR) is 488 cm³/mol. The maximum absolute atomic E-state index is 2.63. The summed E-state index contributed by atoms with van der Waals surface area (Å²) < 4.78 is 0. The molecule has 0 N–H and O–H groups in total. The molecule has 0 aliphatic heterocycles. The molecule has 1 atom stereocenters. The molecule has 0 amide bonds. The van der Waals surface area contributed by atoms with E-state index in [9.17, 15) is 0 Å². The van der Waals surface area contributed by atoms with Crippen LogP contribution in [0.1, 0.15) is 44.5 Å². The number of hydrogen-bond acceptors (Lipinski definition) is 2. The minimum atomic E-state index is -0.806. The summed E-state index contributed by atoms with van der Waals surface area (Å²) in [5.74, 6) is 0. The number of hydrogen-bond donors (Lipinski definition) is 0. The van der Waals surface area contributed by atoms with Gasteiger partial charge in [0.2, 0.25) is 0 Å². The third-order valence-electron chi connectivity index (χ3n) is 24.8. The molecular weight excluding hydrogens is 1400 g/mol. The lowest BCUT2D eigenvalue weighted by atomic mass is 9.67. The molecule has 2 heteroatoms. The Balaban J connectivity index is 0.782. The van der Waals surface area contributed by atoms with Crippen molar-refractivity contribution in [1.29, 1.82) is 0 Å². The molecule has 0 fully saturated rings. The molecule has 116 heavy (non-hydrogen) atoms. The fourth-order valence-corrected chi connectivity index (χ4v) is 19.8. The quantitative estimate of drug-likeness (QED) is 0.101. The average Bonchev–Trinajstić information content (AvgIpc) is 1.53. The van der Waals surface area contributed by atoms with Gasteiger partial charge in [-0.3, -0.25) is 0 Å². The molecule has 0 saturated carbocycles. The van der Waals surface area contributed by atoms with E-state index in [4.69, 9.17) is 0 Å². The zero-order valence-electron chi connectivity index (χ0n) is 63.8. The first-order valence-corrected chi connectivity index (χ1v) is 40.3. The van der Waals surface area contributed by atoms with Gasteiger partial charge in [0.15, 0.2) is 0 Å². The molecule has 0 saturated heterocycles. The Hall–Kier alpha value is -15.0. The molecule has 2 aliphatic rings. The molecule has 20 aromatic rings. The Kier molecular flexibility index (Phi) is 16.4. The van der Waals surface area contributed by atoms with Crippen LogP contribution in [0, 0.1) is 0 Å². The van der Waals surface area contributed by atoms with Gasteiger partial charge in [-0.05, 0) is 187 Å².